The predicted molar refractivity (Wildman–Crippen MR) is 55.8 cm³/mol. The van der Waals surface area contributed by atoms with E-state index >= 15 is 0 Å². The molecular formula is C11H10N2O2. The summed E-state index contributed by atoms with van der Waals surface area (Å²) in [5, 5.41) is 4.57. The van der Waals surface area contributed by atoms with Crippen LogP contribution in [0, 0.1) is 6.92 Å². The minimum absolute atomic E-state index is 0.281. The number of carbonyl (C=O) groups excluding carboxylic acids is 2. The summed E-state index contributed by atoms with van der Waals surface area (Å²) in [5.74, 6) is -0.388. The van der Waals surface area contributed by atoms with Crippen molar-refractivity contribution in [3.8, 4) is 0 Å². The number of hydrogen-bond acceptors (Lipinski definition) is 2. The van der Waals surface area contributed by atoms with Gasteiger partial charge in [0.1, 0.15) is 5.70 Å². The minimum Gasteiger partial charge on any atom is -0.303 e. The van der Waals surface area contributed by atoms with Crippen molar-refractivity contribution in [2.75, 3.05) is 0 Å². The van der Waals surface area contributed by atoms with E-state index in [2.05, 4.69) is 10.6 Å². The lowest BCUT2D eigenvalue weighted by molar-refractivity contribution is -0.115. The molecule has 15 heavy (non-hydrogen) atoms. The van der Waals surface area contributed by atoms with Crippen LogP contribution < -0.4 is 10.6 Å². The zero-order valence-electron chi connectivity index (χ0n) is 8.20. The average molecular weight is 202 g/mol. The fourth-order valence-electron chi connectivity index (χ4n) is 1.31. The first-order chi connectivity index (χ1) is 7.15. The van der Waals surface area contributed by atoms with Crippen molar-refractivity contribution >= 4 is 18.0 Å². The standard InChI is InChI=1S/C11H10N2O2/c1-7-2-4-8(5-3-7)6-9-10(14)13-11(15)12-9/h2-6H,1H3,(H2,12,13,14,15). The van der Waals surface area contributed by atoms with Crippen molar-refractivity contribution in [1.29, 1.82) is 0 Å². The van der Waals surface area contributed by atoms with Crippen LogP contribution in [0.25, 0.3) is 6.08 Å². The van der Waals surface area contributed by atoms with Crippen molar-refractivity contribution in [3.63, 3.8) is 0 Å². The van der Waals surface area contributed by atoms with Crippen LogP contribution in [0.2, 0.25) is 0 Å². The third-order valence-corrected chi connectivity index (χ3v) is 2.11. The van der Waals surface area contributed by atoms with Crippen molar-refractivity contribution in [2.24, 2.45) is 0 Å². The highest BCUT2D eigenvalue weighted by atomic mass is 16.2. The molecule has 0 unspecified atom stereocenters. The molecule has 1 aromatic rings. The Morgan fingerprint density at radius 1 is 1.07 bits per heavy atom. The van der Waals surface area contributed by atoms with Gasteiger partial charge in [-0.2, -0.15) is 0 Å². The van der Waals surface area contributed by atoms with Gasteiger partial charge in [0.15, 0.2) is 0 Å². The molecule has 2 N–H and O–H groups in total. The first-order valence-electron chi connectivity index (χ1n) is 4.56. The number of urea groups is 1. The Hall–Kier alpha value is -2.10. The van der Waals surface area contributed by atoms with Crippen LogP contribution in [0.5, 0.6) is 0 Å². The smallest absolute Gasteiger partial charge is 0.303 e. The second-order valence-corrected chi connectivity index (χ2v) is 3.38. The molecule has 1 heterocycles. The third kappa shape index (κ3) is 2.04. The summed E-state index contributed by atoms with van der Waals surface area (Å²) in [5.41, 5.74) is 2.31. The van der Waals surface area contributed by atoms with Gasteiger partial charge in [0.2, 0.25) is 0 Å². The van der Waals surface area contributed by atoms with Crippen LogP contribution in [-0.4, -0.2) is 11.9 Å². The van der Waals surface area contributed by atoms with E-state index in [4.69, 9.17) is 0 Å². The Bertz CT molecular complexity index is 446. The van der Waals surface area contributed by atoms with Gasteiger partial charge in [0.25, 0.3) is 5.91 Å². The number of nitrogens with one attached hydrogen (secondary N) is 2. The maximum absolute atomic E-state index is 11.2. The second-order valence-electron chi connectivity index (χ2n) is 3.38. The molecule has 1 fully saturated rings. The maximum atomic E-state index is 11.2. The van der Waals surface area contributed by atoms with E-state index < -0.39 is 6.03 Å². The van der Waals surface area contributed by atoms with Crippen LogP contribution in [0.15, 0.2) is 30.0 Å². The molecule has 1 saturated heterocycles. The number of aryl methyl sites for hydroxylation is 1. The Balaban J connectivity index is 2.27. The van der Waals surface area contributed by atoms with Crippen LogP contribution in [0.1, 0.15) is 11.1 Å². The van der Waals surface area contributed by atoms with E-state index in [0.717, 1.165) is 11.1 Å². The number of rotatable bonds is 1. The van der Waals surface area contributed by atoms with Crippen LogP contribution in [0.3, 0.4) is 0 Å². The van der Waals surface area contributed by atoms with Gasteiger partial charge in [0.05, 0.1) is 0 Å². The van der Waals surface area contributed by atoms with E-state index in [1.165, 1.54) is 0 Å². The lowest BCUT2D eigenvalue weighted by Gasteiger charge is -1.96. The molecule has 0 spiro atoms. The molecule has 76 valence electrons. The molecule has 0 atom stereocenters. The van der Waals surface area contributed by atoms with Gasteiger partial charge in [-0.25, -0.2) is 4.79 Å². The Kier molecular flexibility index (Phi) is 2.25. The molecule has 1 aliphatic heterocycles. The van der Waals surface area contributed by atoms with Crippen molar-refractivity contribution in [1.82, 2.24) is 10.6 Å². The molecule has 3 amide bonds. The van der Waals surface area contributed by atoms with Gasteiger partial charge < -0.3 is 5.32 Å². The van der Waals surface area contributed by atoms with Crippen molar-refractivity contribution in [3.05, 3.63) is 41.1 Å². The Morgan fingerprint density at radius 3 is 2.27 bits per heavy atom. The van der Waals surface area contributed by atoms with Gasteiger partial charge in [-0.05, 0) is 18.6 Å². The summed E-state index contributed by atoms with van der Waals surface area (Å²) in [6, 6.07) is 7.20. The highest BCUT2D eigenvalue weighted by molar-refractivity contribution is 6.13. The summed E-state index contributed by atoms with van der Waals surface area (Å²) in [4.78, 5) is 22.0. The molecule has 1 aliphatic rings. The molecule has 0 radical (unpaired) electrons. The predicted octanol–water partition coefficient (Wildman–Crippen LogP) is 1.18. The van der Waals surface area contributed by atoms with Crippen molar-refractivity contribution < 1.29 is 9.59 Å². The second kappa shape index (κ2) is 3.57. The molecule has 0 bridgehead atoms. The Labute approximate surface area is 87.0 Å². The molecule has 4 nitrogen and oxygen atoms in total. The number of carbonyl (C=O) groups is 2. The summed E-state index contributed by atoms with van der Waals surface area (Å²) in [6.45, 7) is 1.99. The van der Waals surface area contributed by atoms with Gasteiger partial charge in [-0.3, -0.25) is 10.1 Å². The molecule has 4 heteroatoms. The lowest BCUT2D eigenvalue weighted by atomic mass is 10.1. The molecule has 0 saturated carbocycles. The number of benzene rings is 1. The third-order valence-electron chi connectivity index (χ3n) is 2.11. The molecule has 0 aromatic heterocycles. The number of hydrogen-bond donors (Lipinski definition) is 2. The zero-order chi connectivity index (χ0) is 10.8. The quantitative estimate of drug-likeness (QED) is 0.530. The summed E-state index contributed by atoms with van der Waals surface area (Å²) in [7, 11) is 0. The van der Waals surface area contributed by atoms with E-state index in [-0.39, 0.29) is 11.6 Å². The van der Waals surface area contributed by atoms with Crippen LogP contribution in [-0.2, 0) is 4.79 Å². The molecule has 2 rings (SSSR count). The van der Waals surface area contributed by atoms with Crippen LogP contribution >= 0.6 is 0 Å². The monoisotopic (exact) mass is 202 g/mol. The normalized spacial score (nSPS) is 17.8. The molecule has 0 aliphatic carbocycles. The minimum atomic E-state index is -0.474. The SMILES string of the molecule is Cc1ccc(C=C2NC(=O)NC2=O)cc1. The van der Waals surface area contributed by atoms with Gasteiger partial charge in [-0.15, -0.1) is 0 Å². The highest BCUT2D eigenvalue weighted by Gasteiger charge is 2.22. The largest absolute Gasteiger partial charge is 0.326 e. The van der Waals surface area contributed by atoms with Gasteiger partial charge in [-0.1, -0.05) is 29.8 Å². The number of imide groups is 1. The summed E-state index contributed by atoms with van der Waals surface area (Å²) < 4.78 is 0. The molecular weight excluding hydrogens is 192 g/mol. The zero-order valence-corrected chi connectivity index (χ0v) is 8.20. The summed E-state index contributed by atoms with van der Waals surface area (Å²) >= 11 is 0. The highest BCUT2D eigenvalue weighted by Crippen LogP contribution is 2.09. The first-order valence-corrected chi connectivity index (χ1v) is 4.56. The first kappa shape index (κ1) is 9.45. The molecule has 1 aromatic carbocycles. The van der Waals surface area contributed by atoms with Crippen LogP contribution in [0.4, 0.5) is 4.79 Å². The average Bonchev–Trinajstić information content (AvgIpc) is 2.49. The number of amides is 3. The fourth-order valence-corrected chi connectivity index (χ4v) is 1.31. The van der Waals surface area contributed by atoms with E-state index in [1.807, 2.05) is 31.2 Å². The van der Waals surface area contributed by atoms with E-state index in [1.54, 1.807) is 6.08 Å². The summed E-state index contributed by atoms with van der Waals surface area (Å²) in [6.07, 6.45) is 1.64. The van der Waals surface area contributed by atoms with Gasteiger partial charge in [0, 0.05) is 0 Å². The lowest BCUT2D eigenvalue weighted by Crippen LogP contribution is -2.22. The van der Waals surface area contributed by atoms with E-state index in [0.29, 0.717) is 0 Å². The van der Waals surface area contributed by atoms with Gasteiger partial charge >= 0.3 is 6.03 Å². The van der Waals surface area contributed by atoms with E-state index in [9.17, 15) is 9.59 Å². The maximum Gasteiger partial charge on any atom is 0.326 e. The fraction of sp³-hybridized carbons (Fsp3) is 0.0909. The topological polar surface area (TPSA) is 58.2 Å². The Morgan fingerprint density at radius 2 is 1.73 bits per heavy atom. The van der Waals surface area contributed by atoms with Crippen molar-refractivity contribution in [2.45, 2.75) is 6.92 Å².